The molecule has 0 radical (unpaired) electrons. The molecular weight excluding hydrogens is 510 g/mol. The van der Waals surface area contributed by atoms with Crippen molar-refractivity contribution < 1.29 is 0 Å². The molecule has 5 aromatic rings. The summed E-state index contributed by atoms with van der Waals surface area (Å²) in [5, 5.41) is 1.27. The Labute approximate surface area is 248 Å². The lowest BCUT2D eigenvalue weighted by atomic mass is 9.87. The number of aromatic amines is 1. The Morgan fingerprint density at radius 1 is 0.952 bits per heavy atom. The highest BCUT2D eigenvalue weighted by molar-refractivity contribution is 6.01. The third-order valence-electron chi connectivity index (χ3n) is 8.19. The number of aromatic nitrogens is 2. The van der Waals surface area contributed by atoms with Crippen molar-refractivity contribution in [2.45, 2.75) is 26.7 Å². The Kier molecular flexibility index (Phi) is 7.91. The summed E-state index contributed by atoms with van der Waals surface area (Å²) in [6, 6.07) is 25.8. The number of nitrogens with zero attached hydrogens (tertiary/aromatic N) is 1. The molecule has 3 nitrogen and oxygen atoms in total. The first-order valence-corrected chi connectivity index (χ1v) is 14.7. The summed E-state index contributed by atoms with van der Waals surface area (Å²) >= 11 is 0. The number of nitrogens with two attached hydrogens (primary N) is 1. The number of H-pyrrole nitrogens is 1. The molecule has 2 aromatic heterocycles. The van der Waals surface area contributed by atoms with Gasteiger partial charge in [0, 0.05) is 46.2 Å². The Morgan fingerprint density at radius 3 is 2.45 bits per heavy atom. The van der Waals surface area contributed by atoms with Crippen LogP contribution in [0.1, 0.15) is 46.0 Å². The average Bonchev–Trinajstić information content (AvgIpc) is 3.60. The zero-order valence-corrected chi connectivity index (χ0v) is 24.3. The van der Waals surface area contributed by atoms with Gasteiger partial charge in [-0.3, -0.25) is 0 Å². The minimum Gasteiger partial charge on any atom is -0.404 e. The number of rotatable bonds is 8. The normalized spacial score (nSPS) is 15.5. The van der Waals surface area contributed by atoms with E-state index in [9.17, 15) is 0 Å². The molecule has 3 N–H and O–H groups in total. The van der Waals surface area contributed by atoms with Gasteiger partial charge < -0.3 is 15.3 Å². The van der Waals surface area contributed by atoms with E-state index in [-0.39, 0.29) is 5.92 Å². The molecule has 0 saturated carbocycles. The second-order valence-corrected chi connectivity index (χ2v) is 10.8. The molecule has 2 heterocycles. The van der Waals surface area contributed by atoms with Gasteiger partial charge in [0.05, 0.1) is 5.52 Å². The Morgan fingerprint density at radius 2 is 1.74 bits per heavy atom. The maximum absolute atomic E-state index is 6.23. The summed E-state index contributed by atoms with van der Waals surface area (Å²) < 4.78 is 2.47. The molecule has 6 rings (SSSR count). The number of allylic oxidation sites excluding steroid dienone is 5. The van der Waals surface area contributed by atoms with Gasteiger partial charge in [0.15, 0.2) is 0 Å². The van der Waals surface area contributed by atoms with E-state index in [1.54, 1.807) is 6.20 Å². The van der Waals surface area contributed by atoms with Gasteiger partial charge in [-0.1, -0.05) is 109 Å². The molecule has 0 amide bonds. The van der Waals surface area contributed by atoms with E-state index in [4.69, 9.17) is 5.73 Å². The zero-order chi connectivity index (χ0) is 28.9. The molecule has 0 saturated heterocycles. The summed E-state index contributed by atoms with van der Waals surface area (Å²) in [5.74, 6) is 0.195. The Hall–Kier alpha value is -5.02. The molecule has 42 heavy (non-hydrogen) atoms. The van der Waals surface area contributed by atoms with E-state index in [1.807, 2.05) is 6.20 Å². The molecule has 0 bridgehead atoms. The lowest BCUT2D eigenvalue weighted by Crippen LogP contribution is -2.13. The first-order valence-electron chi connectivity index (χ1n) is 14.7. The van der Waals surface area contributed by atoms with Crippen LogP contribution in [0.15, 0.2) is 121 Å². The monoisotopic (exact) mass is 547 g/mol. The summed E-state index contributed by atoms with van der Waals surface area (Å²) in [6.07, 6.45) is 25.5. The van der Waals surface area contributed by atoms with E-state index in [0.717, 1.165) is 18.4 Å². The Bertz CT molecular complexity index is 1840. The van der Waals surface area contributed by atoms with Gasteiger partial charge >= 0.3 is 0 Å². The summed E-state index contributed by atoms with van der Waals surface area (Å²) in [4.78, 5) is 3.20. The number of fused-ring (bicyclic) bond motifs is 3. The first-order chi connectivity index (χ1) is 20.7. The van der Waals surface area contributed by atoms with E-state index in [0.29, 0.717) is 0 Å². The maximum Gasteiger partial charge on any atom is 0.0615 e. The molecule has 0 spiro atoms. The van der Waals surface area contributed by atoms with E-state index in [1.165, 1.54) is 55.7 Å². The fraction of sp³-hybridized carbons (Fsp3) is 0.128. The smallest absolute Gasteiger partial charge is 0.0615 e. The number of nitrogens with one attached hydrogen (secondary N) is 1. The van der Waals surface area contributed by atoms with Crippen LogP contribution in [0.25, 0.3) is 40.9 Å². The fourth-order valence-corrected chi connectivity index (χ4v) is 6.02. The molecule has 1 aliphatic rings. The van der Waals surface area contributed by atoms with Crippen molar-refractivity contribution in [2.75, 3.05) is 0 Å². The number of para-hydroxylation sites is 1. The number of aryl methyl sites for hydroxylation is 1. The molecular formula is C39H37N3. The molecule has 3 heteroatoms. The number of hydrogen-bond donors (Lipinski definition) is 2. The zero-order valence-electron chi connectivity index (χ0n) is 24.3. The highest BCUT2D eigenvalue weighted by Gasteiger charge is 2.25. The van der Waals surface area contributed by atoms with Crippen molar-refractivity contribution in [3.63, 3.8) is 0 Å². The molecule has 208 valence electrons. The van der Waals surface area contributed by atoms with Gasteiger partial charge in [-0.2, -0.15) is 0 Å². The average molecular weight is 548 g/mol. The van der Waals surface area contributed by atoms with Crippen molar-refractivity contribution >= 4 is 35.2 Å². The van der Waals surface area contributed by atoms with Crippen molar-refractivity contribution in [1.82, 2.24) is 9.55 Å². The second-order valence-electron chi connectivity index (χ2n) is 10.8. The first kappa shape index (κ1) is 27.2. The molecule has 1 atom stereocenters. The van der Waals surface area contributed by atoms with Crippen molar-refractivity contribution in [2.24, 2.45) is 11.7 Å². The van der Waals surface area contributed by atoms with Crippen LogP contribution in [0.5, 0.6) is 0 Å². The second kappa shape index (κ2) is 12.2. The fourth-order valence-electron chi connectivity index (χ4n) is 6.02. The van der Waals surface area contributed by atoms with Gasteiger partial charge in [-0.05, 0) is 72.8 Å². The minimum absolute atomic E-state index is 0.195. The molecule has 3 aromatic carbocycles. The van der Waals surface area contributed by atoms with Gasteiger partial charge in [0.25, 0.3) is 0 Å². The van der Waals surface area contributed by atoms with Crippen LogP contribution in [0.4, 0.5) is 0 Å². The van der Waals surface area contributed by atoms with Crippen LogP contribution in [0.3, 0.4) is 0 Å². The maximum atomic E-state index is 6.23. The molecule has 0 fully saturated rings. The third kappa shape index (κ3) is 5.34. The van der Waals surface area contributed by atoms with Crippen LogP contribution < -0.4 is 5.73 Å². The standard InChI is InChI=1S/C39H37N3/c1-3-11-35-30(19-18-29-12-6-4-7-13-29)20-23-37-36-22-21-31(32(25-40)14-10-15-33-27-41-26-28(33)2)24-38(36)42(39(35)37)34-16-8-5-9-17-34/h3-14,16-23,25-27,31,41H,15,24,40H2,1-2H3/b11-3-,14-10-,19-18+,32-25+. The predicted octanol–water partition coefficient (Wildman–Crippen LogP) is 9.30. The van der Waals surface area contributed by atoms with Gasteiger partial charge in [0.1, 0.15) is 0 Å². The van der Waals surface area contributed by atoms with E-state index < -0.39 is 0 Å². The lowest BCUT2D eigenvalue weighted by Gasteiger charge is -2.21. The SMILES string of the molecule is C/C=C\c1c(/C=C/c2ccccc2)ccc2c3c(n(-c4ccccc4)c12)CC(C(/C=C\Cc1c[nH]cc1C)=C/N)C=C3. The molecule has 1 unspecified atom stereocenters. The van der Waals surface area contributed by atoms with Crippen LogP contribution in [-0.2, 0) is 12.8 Å². The number of hydrogen-bond acceptors (Lipinski definition) is 1. The van der Waals surface area contributed by atoms with Crippen molar-refractivity contribution in [1.29, 1.82) is 0 Å². The molecule has 1 aliphatic carbocycles. The Balaban J connectivity index is 1.45. The number of benzene rings is 3. The summed E-state index contributed by atoms with van der Waals surface area (Å²) in [7, 11) is 0. The van der Waals surface area contributed by atoms with E-state index in [2.05, 4.69) is 151 Å². The van der Waals surface area contributed by atoms with Crippen LogP contribution in [0, 0.1) is 12.8 Å². The quantitative estimate of drug-likeness (QED) is 0.148. The van der Waals surface area contributed by atoms with Crippen LogP contribution in [0.2, 0.25) is 0 Å². The topological polar surface area (TPSA) is 46.7 Å². The molecule has 0 aliphatic heterocycles. The largest absolute Gasteiger partial charge is 0.404 e. The van der Waals surface area contributed by atoms with Crippen molar-refractivity contribution in [3.8, 4) is 5.69 Å². The van der Waals surface area contributed by atoms with Crippen LogP contribution in [-0.4, -0.2) is 9.55 Å². The third-order valence-corrected chi connectivity index (χ3v) is 8.19. The summed E-state index contributed by atoms with van der Waals surface area (Å²) in [5.41, 5.74) is 18.6. The summed E-state index contributed by atoms with van der Waals surface area (Å²) in [6.45, 7) is 4.23. The van der Waals surface area contributed by atoms with Gasteiger partial charge in [0.2, 0.25) is 0 Å². The highest BCUT2D eigenvalue weighted by atomic mass is 15.0. The highest BCUT2D eigenvalue weighted by Crippen LogP contribution is 2.40. The van der Waals surface area contributed by atoms with Gasteiger partial charge in [-0.25, -0.2) is 0 Å². The van der Waals surface area contributed by atoms with Gasteiger partial charge in [-0.15, -0.1) is 0 Å². The minimum atomic E-state index is 0.195. The van der Waals surface area contributed by atoms with Crippen LogP contribution >= 0.6 is 0 Å². The van der Waals surface area contributed by atoms with Crippen molar-refractivity contribution in [3.05, 3.63) is 160 Å². The van der Waals surface area contributed by atoms with E-state index >= 15 is 0 Å². The lowest BCUT2D eigenvalue weighted by molar-refractivity contribution is 0.728. The predicted molar refractivity (Wildman–Crippen MR) is 180 cm³/mol.